The number of carbonyl (C=O) groups is 2. The number of aromatic nitrogens is 2. The van der Waals surface area contributed by atoms with E-state index in [9.17, 15) is 14.0 Å². The van der Waals surface area contributed by atoms with Gasteiger partial charge in [0, 0.05) is 32.6 Å². The molecule has 2 aromatic carbocycles. The molecule has 0 aliphatic heterocycles. The first-order valence-corrected chi connectivity index (χ1v) is 10.3. The molecule has 1 heterocycles. The molecule has 172 valence electrons. The molecule has 8 nitrogen and oxygen atoms in total. The van der Waals surface area contributed by atoms with E-state index in [1.807, 2.05) is 26.2 Å². The highest BCUT2D eigenvalue weighted by molar-refractivity contribution is 5.84. The van der Waals surface area contributed by atoms with Crippen molar-refractivity contribution in [1.29, 1.82) is 0 Å². The highest BCUT2D eigenvalue weighted by Crippen LogP contribution is 2.24. The van der Waals surface area contributed by atoms with E-state index in [1.165, 1.54) is 18.3 Å². The van der Waals surface area contributed by atoms with Gasteiger partial charge in [0.1, 0.15) is 18.2 Å². The third-order valence-electron chi connectivity index (χ3n) is 4.57. The molecule has 0 saturated carbocycles. The van der Waals surface area contributed by atoms with Crippen molar-refractivity contribution in [1.82, 2.24) is 9.97 Å². The molecule has 9 heteroatoms. The van der Waals surface area contributed by atoms with Crippen LogP contribution in [0, 0.1) is 5.82 Å². The Kier molecular flexibility index (Phi) is 7.91. The smallest absolute Gasteiger partial charge is 0.411 e. The molecule has 3 aromatic rings. The van der Waals surface area contributed by atoms with Gasteiger partial charge in [0.25, 0.3) is 0 Å². The molecule has 0 spiro atoms. The second-order valence-electron chi connectivity index (χ2n) is 7.40. The van der Waals surface area contributed by atoms with Crippen LogP contribution < -0.4 is 15.0 Å². The number of amides is 1. The normalized spacial score (nSPS) is 10.4. The summed E-state index contributed by atoms with van der Waals surface area (Å²) in [4.78, 5) is 34.2. The van der Waals surface area contributed by atoms with Crippen molar-refractivity contribution < 1.29 is 23.5 Å². The Morgan fingerprint density at radius 1 is 1.03 bits per heavy atom. The predicted octanol–water partition coefficient (Wildman–Crippen LogP) is 4.34. The van der Waals surface area contributed by atoms with Crippen molar-refractivity contribution in [2.24, 2.45) is 0 Å². The van der Waals surface area contributed by atoms with Crippen LogP contribution in [0.2, 0.25) is 0 Å². The maximum absolute atomic E-state index is 12.9. The minimum absolute atomic E-state index is 0.0410. The Hall–Kier alpha value is -4.01. The highest BCUT2D eigenvalue weighted by atomic mass is 19.1. The Morgan fingerprint density at radius 2 is 1.70 bits per heavy atom. The maximum atomic E-state index is 12.9. The summed E-state index contributed by atoms with van der Waals surface area (Å²) in [5, 5.41) is 2.65. The zero-order chi connectivity index (χ0) is 23.8. The number of esters is 1. The molecule has 3 rings (SSSR count). The van der Waals surface area contributed by atoms with Crippen LogP contribution in [0.1, 0.15) is 30.3 Å². The lowest BCUT2D eigenvalue weighted by Crippen LogP contribution is -2.16. The Bertz CT molecular complexity index is 1100. The van der Waals surface area contributed by atoms with Crippen molar-refractivity contribution >= 4 is 23.6 Å². The Balaban J connectivity index is 1.58. The molecule has 33 heavy (non-hydrogen) atoms. The number of nitrogens with one attached hydrogen (secondary N) is 1. The summed E-state index contributed by atoms with van der Waals surface area (Å²) in [6, 6.07) is 12.9. The second-order valence-corrected chi connectivity index (χ2v) is 7.40. The summed E-state index contributed by atoms with van der Waals surface area (Å²) in [7, 11) is 3.62. The number of anilines is 2. The SMILES string of the molecule is CCC(=O)Oc1cnc(Cc2ccc(NC(=O)OCc3ccc(F)cc3)cc2)nc1N(C)C. The third kappa shape index (κ3) is 6.99. The quantitative estimate of drug-likeness (QED) is 0.508. The number of hydrogen-bond donors (Lipinski definition) is 1. The van der Waals surface area contributed by atoms with E-state index < -0.39 is 6.09 Å². The fraction of sp³-hybridized carbons (Fsp3) is 0.250. The van der Waals surface area contributed by atoms with Crippen molar-refractivity contribution in [2.75, 3.05) is 24.3 Å². The van der Waals surface area contributed by atoms with Crippen molar-refractivity contribution in [2.45, 2.75) is 26.4 Å². The lowest BCUT2D eigenvalue weighted by atomic mass is 10.1. The highest BCUT2D eigenvalue weighted by Gasteiger charge is 2.14. The van der Waals surface area contributed by atoms with Crippen LogP contribution in [-0.4, -0.2) is 36.1 Å². The Labute approximate surface area is 191 Å². The van der Waals surface area contributed by atoms with E-state index in [4.69, 9.17) is 9.47 Å². The lowest BCUT2D eigenvalue weighted by Gasteiger charge is -2.16. The van der Waals surface area contributed by atoms with E-state index in [1.54, 1.807) is 36.1 Å². The van der Waals surface area contributed by atoms with E-state index in [-0.39, 0.29) is 24.8 Å². The first-order valence-electron chi connectivity index (χ1n) is 10.3. The lowest BCUT2D eigenvalue weighted by molar-refractivity contribution is -0.134. The zero-order valence-electron chi connectivity index (χ0n) is 18.7. The monoisotopic (exact) mass is 452 g/mol. The van der Waals surface area contributed by atoms with Gasteiger partial charge in [-0.05, 0) is 35.4 Å². The number of rotatable bonds is 8. The summed E-state index contributed by atoms with van der Waals surface area (Å²) >= 11 is 0. The van der Waals surface area contributed by atoms with Gasteiger partial charge < -0.3 is 14.4 Å². The summed E-state index contributed by atoms with van der Waals surface area (Å²) < 4.78 is 23.4. The molecule has 0 aliphatic carbocycles. The zero-order valence-corrected chi connectivity index (χ0v) is 18.7. The number of ether oxygens (including phenoxy) is 2. The predicted molar refractivity (Wildman–Crippen MR) is 122 cm³/mol. The Morgan fingerprint density at radius 3 is 2.33 bits per heavy atom. The first kappa shape index (κ1) is 23.6. The van der Waals surface area contributed by atoms with Crippen molar-refractivity contribution in [3.05, 3.63) is 77.5 Å². The van der Waals surface area contributed by atoms with E-state index in [2.05, 4.69) is 15.3 Å². The molecular formula is C24H25FN4O4. The molecular weight excluding hydrogens is 427 g/mol. The maximum Gasteiger partial charge on any atom is 0.411 e. The van der Waals surface area contributed by atoms with Crippen LogP contribution in [0.25, 0.3) is 0 Å². The minimum Gasteiger partial charge on any atom is -0.444 e. The summed E-state index contributed by atoms with van der Waals surface area (Å²) in [6.07, 6.45) is 1.61. The molecule has 0 fully saturated rings. The van der Waals surface area contributed by atoms with Crippen LogP contribution in [0.3, 0.4) is 0 Å². The fourth-order valence-electron chi connectivity index (χ4n) is 2.84. The molecule has 1 amide bonds. The fourth-order valence-corrected chi connectivity index (χ4v) is 2.84. The standard InChI is InChI=1S/C24H25FN4O4/c1-4-22(30)33-20-14-26-21(28-23(20)29(2)3)13-16-7-11-19(12-8-16)27-24(31)32-15-17-5-9-18(25)10-6-17/h5-12,14H,4,13,15H2,1-3H3,(H,27,31). The molecule has 1 N–H and O–H groups in total. The second kappa shape index (κ2) is 11.0. The van der Waals surface area contributed by atoms with Gasteiger partial charge in [-0.15, -0.1) is 0 Å². The van der Waals surface area contributed by atoms with Gasteiger partial charge in [-0.1, -0.05) is 31.2 Å². The van der Waals surface area contributed by atoms with Crippen molar-refractivity contribution in [3.8, 4) is 5.75 Å². The summed E-state index contributed by atoms with van der Waals surface area (Å²) in [5.41, 5.74) is 2.19. The average Bonchev–Trinajstić information content (AvgIpc) is 2.80. The largest absolute Gasteiger partial charge is 0.444 e. The molecule has 0 aliphatic rings. The van der Waals surface area contributed by atoms with Gasteiger partial charge in [-0.3, -0.25) is 10.1 Å². The number of nitrogens with zero attached hydrogens (tertiary/aromatic N) is 3. The first-order chi connectivity index (χ1) is 15.8. The molecule has 0 atom stereocenters. The van der Waals surface area contributed by atoms with Gasteiger partial charge >= 0.3 is 12.1 Å². The summed E-state index contributed by atoms with van der Waals surface area (Å²) in [5.74, 6) is 0.698. The van der Waals surface area contributed by atoms with E-state index >= 15 is 0 Å². The molecule has 0 bridgehead atoms. The van der Waals surface area contributed by atoms with Gasteiger partial charge in [0.2, 0.25) is 0 Å². The number of halogens is 1. The average molecular weight is 452 g/mol. The van der Waals surface area contributed by atoms with Gasteiger partial charge in [0.05, 0.1) is 6.20 Å². The van der Waals surface area contributed by atoms with Crippen LogP contribution in [-0.2, 0) is 22.6 Å². The van der Waals surface area contributed by atoms with Crippen LogP contribution >= 0.6 is 0 Å². The number of benzene rings is 2. The molecule has 0 radical (unpaired) electrons. The third-order valence-corrected chi connectivity index (χ3v) is 4.57. The molecule has 1 aromatic heterocycles. The minimum atomic E-state index is -0.608. The van der Waals surface area contributed by atoms with E-state index in [0.29, 0.717) is 35.1 Å². The number of hydrogen-bond acceptors (Lipinski definition) is 7. The van der Waals surface area contributed by atoms with Gasteiger partial charge in [-0.2, -0.15) is 0 Å². The van der Waals surface area contributed by atoms with Crippen LogP contribution in [0.5, 0.6) is 5.75 Å². The number of carbonyl (C=O) groups excluding carboxylic acids is 2. The summed E-state index contributed by atoms with van der Waals surface area (Å²) in [6.45, 7) is 1.76. The van der Waals surface area contributed by atoms with Crippen LogP contribution in [0.4, 0.5) is 20.7 Å². The van der Waals surface area contributed by atoms with Crippen molar-refractivity contribution in [3.63, 3.8) is 0 Å². The van der Waals surface area contributed by atoms with Gasteiger partial charge in [-0.25, -0.2) is 19.2 Å². The van der Waals surface area contributed by atoms with E-state index in [0.717, 1.165) is 5.56 Å². The molecule has 0 unspecified atom stereocenters. The molecule has 0 saturated heterocycles. The van der Waals surface area contributed by atoms with Gasteiger partial charge in [0.15, 0.2) is 11.6 Å². The topological polar surface area (TPSA) is 93.6 Å². The van der Waals surface area contributed by atoms with Crippen LogP contribution in [0.15, 0.2) is 54.7 Å².